The van der Waals surface area contributed by atoms with Gasteiger partial charge in [-0.15, -0.1) is 0 Å². The predicted octanol–water partition coefficient (Wildman–Crippen LogP) is 1.08. The van der Waals surface area contributed by atoms with Gasteiger partial charge in [-0.2, -0.15) is 8.42 Å². The van der Waals surface area contributed by atoms with Crippen molar-refractivity contribution < 1.29 is 23.2 Å². The molecular formula is C10H9NO5S. The van der Waals surface area contributed by atoms with Crippen molar-refractivity contribution in [3.63, 3.8) is 0 Å². The third kappa shape index (κ3) is 1.85. The minimum atomic E-state index is -4.40. The number of rotatable bonds is 1. The SMILES string of the molecule is Nc1c(O)ccc2cc(S(=O)(=O)O)cc(O)c12. The van der Waals surface area contributed by atoms with Crippen LogP contribution >= 0.6 is 0 Å². The van der Waals surface area contributed by atoms with Crippen LogP contribution in [0.1, 0.15) is 0 Å². The highest BCUT2D eigenvalue weighted by molar-refractivity contribution is 7.85. The lowest BCUT2D eigenvalue weighted by Crippen LogP contribution is -1.98. The molecule has 7 heteroatoms. The molecular weight excluding hydrogens is 246 g/mol. The molecule has 5 N–H and O–H groups in total. The van der Waals surface area contributed by atoms with E-state index in [1.165, 1.54) is 12.1 Å². The number of phenols is 2. The maximum atomic E-state index is 10.9. The zero-order valence-corrected chi connectivity index (χ0v) is 9.27. The van der Waals surface area contributed by atoms with Crippen molar-refractivity contribution in [2.75, 3.05) is 5.73 Å². The maximum Gasteiger partial charge on any atom is 0.294 e. The Morgan fingerprint density at radius 1 is 1.06 bits per heavy atom. The minimum Gasteiger partial charge on any atom is -0.507 e. The lowest BCUT2D eigenvalue weighted by molar-refractivity contribution is 0.469. The first-order valence-corrected chi connectivity index (χ1v) is 5.96. The molecule has 0 bridgehead atoms. The summed E-state index contributed by atoms with van der Waals surface area (Å²) in [5.74, 6) is -0.643. The van der Waals surface area contributed by atoms with Gasteiger partial charge in [0.15, 0.2) is 0 Å². The molecule has 0 saturated heterocycles. The van der Waals surface area contributed by atoms with Crippen LogP contribution in [0.15, 0.2) is 29.2 Å². The van der Waals surface area contributed by atoms with Gasteiger partial charge in [0.2, 0.25) is 0 Å². The lowest BCUT2D eigenvalue weighted by Gasteiger charge is -2.08. The van der Waals surface area contributed by atoms with Crippen molar-refractivity contribution in [2.24, 2.45) is 0 Å². The first-order chi connectivity index (χ1) is 7.80. The Hall–Kier alpha value is -1.99. The average Bonchev–Trinajstić information content (AvgIpc) is 2.21. The van der Waals surface area contributed by atoms with Gasteiger partial charge in [0, 0.05) is 6.07 Å². The molecule has 0 radical (unpaired) electrons. The van der Waals surface area contributed by atoms with Crippen molar-refractivity contribution in [3.05, 3.63) is 24.3 Å². The highest BCUT2D eigenvalue weighted by atomic mass is 32.2. The molecule has 0 amide bonds. The number of nitrogens with two attached hydrogens (primary N) is 1. The minimum absolute atomic E-state index is 0.0538. The third-order valence-corrected chi connectivity index (χ3v) is 3.22. The Labute approximate surface area is 96.7 Å². The van der Waals surface area contributed by atoms with Gasteiger partial charge in [0.05, 0.1) is 16.0 Å². The average molecular weight is 255 g/mol. The summed E-state index contributed by atoms with van der Waals surface area (Å²) in [6.07, 6.45) is 0. The fraction of sp³-hybridized carbons (Fsp3) is 0. The number of anilines is 1. The van der Waals surface area contributed by atoms with Crippen molar-refractivity contribution in [1.29, 1.82) is 0 Å². The second-order valence-corrected chi connectivity index (χ2v) is 4.94. The molecule has 0 spiro atoms. The van der Waals surface area contributed by atoms with Crippen LogP contribution in [-0.4, -0.2) is 23.2 Å². The van der Waals surface area contributed by atoms with Gasteiger partial charge in [0.25, 0.3) is 10.1 Å². The number of fused-ring (bicyclic) bond motifs is 1. The van der Waals surface area contributed by atoms with E-state index in [-0.39, 0.29) is 16.8 Å². The van der Waals surface area contributed by atoms with Crippen LogP contribution in [0.5, 0.6) is 11.5 Å². The van der Waals surface area contributed by atoms with Gasteiger partial charge in [-0.1, -0.05) is 6.07 Å². The van der Waals surface area contributed by atoms with E-state index in [0.29, 0.717) is 5.39 Å². The van der Waals surface area contributed by atoms with Crippen LogP contribution < -0.4 is 5.73 Å². The Morgan fingerprint density at radius 3 is 2.29 bits per heavy atom. The van der Waals surface area contributed by atoms with Crippen molar-refractivity contribution >= 4 is 26.6 Å². The number of benzene rings is 2. The highest BCUT2D eigenvalue weighted by Crippen LogP contribution is 2.37. The quantitative estimate of drug-likeness (QED) is 0.344. The van der Waals surface area contributed by atoms with E-state index in [0.717, 1.165) is 12.1 Å². The number of phenolic OH excluding ortho intramolecular Hbond substituents is 2. The van der Waals surface area contributed by atoms with Crippen molar-refractivity contribution in [1.82, 2.24) is 0 Å². The van der Waals surface area contributed by atoms with Crippen LogP contribution in [0, 0.1) is 0 Å². The van der Waals surface area contributed by atoms with Crippen molar-refractivity contribution in [2.45, 2.75) is 4.90 Å². The lowest BCUT2D eigenvalue weighted by atomic mass is 10.1. The molecule has 6 nitrogen and oxygen atoms in total. The standard InChI is InChI=1S/C10H9NO5S/c11-10-7(12)2-1-5-3-6(17(14,15)16)4-8(13)9(5)10/h1-4,12-13H,11H2,(H,14,15,16). The van der Waals surface area contributed by atoms with E-state index in [9.17, 15) is 18.6 Å². The summed E-state index contributed by atoms with van der Waals surface area (Å²) < 4.78 is 30.8. The number of aromatic hydroxyl groups is 2. The molecule has 0 unspecified atom stereocenters. The van der Waals surface area contributed by atoms with Gasteiger partial charge in [0.1, 0.15) is 11.5 Å². The largest absolute Gasteiger partial charge is 0.507 e. The molecule has 0 saturated carbocycles. The fourth-order valence-corrected chi connectivity index (χ4v) is 2.12. The van der Waals surface area contributed by atoms with E-state index < -0.39 is 20.8 Å². The zero-order chi connectivity index (χ0) is 12.8. The summed E-state index contributed by atoms with van der Waals surface area (Å²) in [7, 11) is -4.40. The molecule has 2 rings (SSSR count). The van der Waals surface area contributed by atoms with Gasteiger partial charge < -0.3 is 15.9 Å². The van der Waals surface area contributed by atoms with Gasteiger partial charge in [-0.3, -0.25) is 4.55 Å². The Morgan fingerprint density at radius 2 is 1.71 bits per heavy atom. The Kier molecular flexibility index (Phi) is 2.37. The van der Waals surface area contributed by atoms with Crippen molar-refractivity contribution in [3.8, 4) is 11.5 Å². The summed E-state index contributed by atoms with van der Waals surface area (Å²) in [4.78, 5) is -0.437. The topological polar surface area (TPSA) is 121 Å². The molecule has 0 aromatic heterocycles. The Balaban J connectivity index is 2.91. The maximum absolute atomic E-state index is 10.9. The highest BCUT2D eigenvalue weighted by Gasteiger charge is 2.15. The second-order valence-electron chi connectivity index (χ2n) is 3.51. The Bertz CT molecular complexity index is 708. The molecule has 0 fully saturated rings. The summed E-state index contributed by atoms with van der Waals surface area (Å²) in [5.41, 5.74) is 5.50. The normalized spacial score (nSPS) is 11.8. The molecule has 0 aliphatic carbocycles. The zero-order valence-electron chi connectivity index (χ0n) is 8.45. The van der Waals surface area contributed by atoms with Crippen LogP contribution in [0.3, 0.4) is 0 Å². The summed E-state index contributed by atoms with van der Waals surface area (Å²) >= 11 is 0. The molecule has 90 valence electrons. The van der Waals surface area contributed by atoms with Crippen LogP contribution in [0.4, 0.5) is 5.69 Å². The number of nitrogen functional groups attached to an aromatic ring is 1. The molecule has 0 aliphatic rings. The first-order valence-electron chi connectivity index (χ1n) is 4.52. The predicted molar refractivity (Wildman–Crippen MR) is 61.5 cm³/mol. The molecule has 0 aliphatic heterocycles. The molecule has 0 heterocycles. The number of hydrogen-bond donors (Lipinski definition) is 4. The van der Waals surface area contributed by atoms with Crippen LogP contribution in [-0.2, 0) is 10.1 Å². The summed E-state index contributed by atoms with van der Waals surface area (Å²) in [6, 6.07) is 4.67. The second kappa shape index (κ2) is 3.51. The van der Waals surface area contributed by atoms with E-state index in [1.54, 1.807) is 0 Å². The number of hydrogen-bond acceptors (Lipinski definition) is 5. The molecule has 17 heavy (non-hydrogen) atoms. The molecule has 0 atom stereocenters. The van der Waals surface area contributed by atoms with E-state index in [1.807, 2.05) is 0 Å². The fourth-order valence-electron chi connectivity index (χ4n) is 1.58. The summed E-state index contributed by atoms with van der Waals surface area (Å²) in [5, 5.41) is 19.5. The smallest absolute Gasteiger partial charge is 0.294 e. The van der Waals surface area contributed by atoms with E-state index in [4.69, 9.17) is 10.3 Å². The van der Waals surface area contributed by atoms with Gasteiger partial charge in [-0.25, -0.2) is 0 Å². The third-order valence-electron chi connectivity index (χ3n) is 2.39. The monoisotopic (exact) mass is 255 g/mol. The first kappa shape index (κ1) is 11.5. The van der Waals surface area contributed by atoms with Crippen LogP contribution in [0.2, 0.25) is 0 Å². The van der Waals surface area contributed by atoms with E-state index >= 15 is 0 Å². The summed E-state index contributed by atoms with van der Waals surface area (Å²) in [6.45, 7) is 0. The van der Waals surface area contributed by atoms with E-state index in [2.05, 4.69) is 0 Å². The van der Waals surface area contributed by atoms with Gasteiger partial charge in [-0.05, 0) is 17.5 Å². The van der Waals surface area contributed by atoms with Gasteiger partial charge >= 0.3 is 0 Å². The van der Waals surface area contributed by atoms with Crippen LogP contribution in [0.25, 0.3) is 10.8 Å². The molecule has 2 aromatic rings. The molecule has 2 aromatic carbocycles.